The molecule has 1 aromatic rings. The molecule has 12 heteroatoms. The number of benzene rings is 1. The first kappa shape index (κ1) is 27.6. The van der Waals surface area contributed by atoms with Gasteiger partial charge in [0, 0.05) is 31.1 Å². The van der Waals surface area contributed by atoms with Gasteiger partial charge < -0.3 is 40.9 Å². The summed E-state index contributed by atoms with van der Waals surface area (Å²) in [7, 11) is 6.66. The monoisotopic (exact) mass is 531 g/mol. The van der Waals surface area contributed by atoms with Crippen LogP contribution >= 0.6 is 0 Å². The summed E-state index contributed by atoms with van der Waals surface area (Å²) in [4.78, 5) is 42.9. The average molecular weight is 532 g/mol. The van der Waals surface area contributed by atoms with Crippen LogP contribution in [0.4, 0.5) is 5.69 Å². The Morgan fingerprint density at radius 2 is 1.82 bits per heavy atom. The number of fused-ring (bicyclic) bond motifs is 3. The van der Waals surface area contributed by atoms with E-state index in [1.807, 2.05) is 0 Å². The molecule has 1 amide bonds. The summed E-state index contributed by atoms with van der Waals surface area (Å²) in [5, 5.41) is 54.4. The van der Waals surface area contributed by atoms with Gasteiger partial charge in [0.25, 0.3) is 5.91 Å². The highest BCUT2D eigenvalue weighted by atomic mass is 16.5. The van der Waals surface area contributed by atoms with Crippen molar-refractivity contribution in [3.05, 3.63) is 45.9 Å². The molecule has 4 atom stereocenters. The van der Waals surface area contributed by atoms with Crippen molar-refractivity contribution in [3.8, 4) is 5.75 Å². The second-order valence-electron chi connectivity index (χ2n) is 10.6. The number of hydrogen-bond donors (Lipinski definition) is 6. The summed E-state index contributed by atoms with van der Waals surface area (Å²) in [5.74, 6) is -6.59. The minimum Gasteiger partial charge on any atom is -0.510 e. The first-order valence-corrected chi connectivity index (χ1v) is 12.1. The molecule has 0 radical (unpaired) electrons. The predicted molar refractivity (Wildman–Crippen MR) is 135 cm³/mol. The van der Waals surface area contributed by atoms with Gasteiger partial charge in [-0.05, 0) is 44.6 Å². The number of likely N-dealkylation sites (N-methyl/N-ethyl adjacent to an activating group) is 1. The van der Waals surface area contributed by atoms with Gasteiger partial charge in [-0.3, -0.25) is 19.3 Å². The maximum atomic E-state index is 14.0. The third-order valence-electron chi connectivity index (χ3n) is 7.90. The van der Waals surface area contributed by atoms with E-state index in [-0.39, 0.29) is 49.5 Å². The molecular formula is C26H33N3O9. The number of Topliss-reactive ketones (excluding diaryl/α,β-unsaturated/α-hetero) is 2. The van der Waals surface area contributed by atoms with E-state index in [9.17, 15) is 39.9 Å². The molecule has 4 rings (SSSR count). The highest BCUT2D eigenvalue weighted by molar-refractivity contribution is 6.25. The number of amides is 1. The largest absolute Gasteiger partial charge is 0.510 e. The minimum atomic E-state index is -2.76. The number of aliphatic hydroxyl groups excluding tert-OH is 3. The summed E-state index contributed by atoms with van der Waals surface area (Å²) < 4.78 is 5.69. The van der Waals surface area contributed by atoms with Crippen molar-refractivity contribution in [3.63, 3.8) is 0 Å². The second kappa shape index (κ2) is 9.38. The Bertz CT molecular complexity index is 1280. The lowest BCUT2D eigenvalue weighted by molar-refractivity contribution is -0.152. The number of ether oxygens (including phenoxy) is 1. The van der Waals surface area contributed by atoms with E-state index < -0.39 is 57.5 Å². The topological polar surface area (TPSA) is 194 Å². The number of nitrogens with zero attached hydrogens (tertiary/aromatic N) is 2. The number of hydrogen-bond acceptors (Lipinski definition) is 11. The van der Waals surface area contributed by atoms with Crippen molar-refractivity contribution in [2.45, 2.75) is 24.5 Å². The van der Waals surface area contributed by atoms with Crippen LogP contribution in [-0.4, -0.2) is 108 Å². The summed E-state index contributed by atoms with van der Waals surface area (Å²) in [5.41, 5.74) is 1.14. The molecule has 0 saturated heterocycles. The van der Waals surface area contributed by atoms with Gasteiger partial charge in [0.15, 0.2) is 11.4 Å². The Labute approximate surface area is 219 Å². The van der Waals surface area contributed by atoms with Crippen molar-refractivity contribution < 1.29 is 44.7 Å². The van der Waals surface area contributed by atoms with Crippen LogP contribution in [0, 0.1) is 11.3 Å². The normalized spacial score (nSPS) is 28.8. The number of aliphatic hydroxyl groups is 4. The number of primary amides is 1. The first-order valence-electron chi connectivity index (χ1n) is 12.1. The Morgan fingerprint density at radius 3 is 2.37 bits per heavy atom. The summed E-state index contributed by atoms with van der Waals surface area (Å²) >= 11 is 0. The van der Waals surface area contributed by atoms with E-state index in [0.29, 0.717) is 11.3 Å². The summed E-state index contributed by atoms with van der Waals surface area (Å²) in [6, 6.07) is 1.87. The zero-order valence-corrected chi connectivity index (χ0v) is 21.7. The zero-order chi connectivity index (χ0) is 28.3. The van der Waals surface area contributed by atoms with Crippen molar-refractivity contribution in [2.75, 3.05) is 52.9 Å². The molecule has 0 spiro atoms. The Kier molecular flexibility index (Phi) is 6.81. The third-order valence-corrected chi connectivity index (χ3v) is 7.90. The van der Waals surface area contributed by atoms with Crippen LogP contribution in [0.25, 0.3) is 0 Å². The molecule has 3 aliphatic carbocycles. The van der Waals surface area contributed by atoms with E-state index in [0.717, 1.165) is 0 Å². The van der Waals surface area contributed by atoms with Crippen molar-refractivity contribution in [1.82, 2.24) is 4.90 Å². The first-order chi connectivity index (χ1) is 17.7. The second-order valence-corrected chi connectivity index (χ2v) is 10.6. The number of anilines is 1. The van der Waals surface area contributed by atoms with Crippen LogP contribution < -0.4 is 10.6 Å². The molecule has 7 N–H and O–H groups in total. The smallest absolute Gasteiger partial charge is 0.255 e. The zero-order valence-electron chi connectivity index (χ0n) is 21.7. The van der Waals surface area contributed by atoms with Gasteiger partial charge in [-0.1, -0.05) is 0 Å². The van der Waals surface area contributed by atoms with Crippen molar-refractivity contribution in [1.29, 1.82) is 0 Å². The molecule has 0 unspecified atom stereocenters. The molecule has 1 aromatic carbocycles. The number of carbonyl (C=O) groups is 3. The van der Waals surface area contributed by atoms with E-state index in [1.54, 1.807) is 39.2 Å². The van der Waals surface area contributed by atoms with Gasteiger partial charge in [0.2, 0.25) is 5.78 Å². The van der Waals surface area contributed by atoms with Crippen molar-refractivity contribution in [2.24, 2.45) is 17.1 Å². The molecule has 38 heavy (non-hydrogen) atoms. The van der Waals surface area contributed by atoms with Crippen LogP contribution in [0.5, 0.6) is 5.75 Å². The fraction of sp³-hybridized carbons (Fsp3) is 0.500. The maximum absolute atomic E-state index is 14.0. The maximum Gasteiger partial charge on any atom is 0.255 e. The molecule has 206 valence electrons. The molecule has 0 aliphatic heterocycles. The number of phenolic OH excluding ortho intramolecular Hbond substituents is 1. The number of rotatable bonds is 7. The van der Waals surface area contributed by atoms with Gasteiger partial charge in [-0.2, -0.15) is 0 Å². The number of aromatic hydroxyl groups is 1. The van der Waals surface area contributed by atoms with Gasteiger partial charge in [0.1, 0.15) is 22.8 Å². The molecule has 0 aromatic heterocycles. The molecule has 0 bridgehead atoms. The summed E-state index contributed by atoms with van der Waals surface area (Å²) in [6.45, 7) is -0.582. The van der Waals surface area contributed by atoms with E-state index in [4.69, 9.17) is 10.5 Å². The average Bonchev–Trinajstić information content (AvgIpc) is 2.81. The summed E-state index contributed by atoms with van der Waals surface area (Å²) in [6.07, 6.45) is -0.0679. The minimum absolute atomic E-state index is 0.0644. The fourth-order valence-electron chi connectivity index (χ4n) is 6.35. The van der Waals surface area contributed by atoms with E-state index in [2.05, 4.69) is 0 Å². The third kappa shape index (κ3) is 3.70. The van der Waals surface area contributed by atoms with Crippen LogP contribution in [0.2, 0.25) is 0 Å². The number of phenols is 1. The Balaban J connectivity index is 2.06. The molecule has 0 saturated carbocycles. The number of ketones is 2. The molecule has 0 fully saturated rings. The van der Waals surface area contributed by atoms with Gasteiger partial charge in [0.05, 0.1) is 37.0 Å². The lowest BCUT2D eigenvalue weighted by Gasteiger charge is -2.54. The number of nitrogens with two attached hydrogens (primary N) is 1. The van der Waals surface area contributed by atoms with Crippen LogP contribution in [0.15, 0.2) is 34.8 Å². The number of carbonyl (C=O) groups excluding carboxylic acids is 3. The highest BCUT2D eigenvalue weighted by Crippen LogP contribution is 2.58. The quantitative estimate of drug-likeness (QED) is 0.197. The van der Waals surface area contributed by atoms with Gasteiger partial charge in [-0.15, -0.1) is 0 Å². The molecule has 0 heterocycles. The van der Waals surface area contributed by atoms with Crippen LogP contribution in [0.3, 0.4) is 0 Å². The standard InChI is InChI=1S/C26H33N3O9/c1-28(2)14-5-6-15(31)16-12(14)9-25(11-38-8-7-30)10-13-19(29(3)4)21(33)17(24(27)36)22(34)26(13,37)23(35)18(25)20(16)32/h5-6,13,19,30-31,33,35,37H,7-11H2,1-4H3,(H2,27,36)/t13-,19-,25-,26+/m0/s1. The Morgan fingerprint density at radius 1 is 1.16 bits per heavy atom. The lowest BCUT2D eigenvalue weighted by Crippen LogP contribution is -2.66. The SMILES string of the molecule is CN(C)c1ccc(O)c2c1C[C@@]1(COCCO)C[C@H]3[C@H](N(C)C)C(O)=C(C(N)=O)C(=O)[C@@]3(O)C(O)=C1C2=O. The van der Waals surface area contributed by atoms with Crippen molar-refractivity contribution >= 4 is 23.2 Å². The predicted octanol–water partition coefficient (Wildman–Crippen LogP) is -0.434. The van der Waals surface area contributed by atoms with Gasteiger partial charge >= 0.3 is 0 Å². The molecule has 12 nitrogen and oxygen atoms in total. The van der Waals surface area contributed by atoms with Crippen LogP contribution in [0.1, 0.15) is 22.3 Å². The van der Waals surface area contributed by atoms with E-state index >= 15 is 0 Å². The van der Waals surface area contributed by atoms with Gasteiger partial charge in [-0.25, -0.2) is 0 Å². The Hall–Kier alpha value is -3.45. The highest BCUT2D eigenvalue weighted by Gasteiger charge is 2.66. The molecule has 3 aliphatic rings. The lowest BCUT2D eigenvalue weighted by atomic mass is 9.52. The van der Waals surface area contributed by atoms with E-state index in [1.165, 1.54) is 11.0 Å². The van der Waals surface area contributed by atoms with Crippen LogP contribution in [-0.2, 0) is 20.7 Å². The molecular weight excluding hydrogens is 498 g/mol. The fourth-order valence-corrected chi connectivity index (χ4v) is 6.35.